The third-order valence-electron chi connectivity index (χ3n) is 3.80. The zero-order chi connectivity index (χ0) is 15.9. The van der Waals surface area contributed by atoms with E-state index < -0.39 is 0 Å². The van der Waals surface area contributed by atoms with E-state index in [0.29, 0.717) is 10.7 Å². The van der Waals surface area contributed by atoms with Gasteiger partial charge in [-0.2, -0.15) is 0 Å². The van der Waals surface area contributed by atoms with E-state index in [1.165, 1.54) is 16.9 Å². The van der Waals surface area contributed by atoms with E-state index in [1.54, 1.807) is 0 Å². The first-order valence-electron chi connectivity index (χ1n) is 7.21. The summed E-state index contributed by atoms with van der Waals surface area (Å²) in [5, 5.41) is 3.59. The molecule has 0 aliphatic heterocycles. The van der Waals surface area contributed by atoms with Gasteiger partial charge in [-0.1, -0.05) is 41.2 Å². The molecular weight excluding hydrogens is 292 g/mol. The van der Waals surface area contributed by atoms with Crippen molar-refractivity contribution in [1.82, 2.24) is 4.98 Å². The topological polar surface area (TPSA) is 42.0 Å². The van der Waals surface area contributed by atoms with Crippen LogP contribution in [0.1, 0.15) is 32.6 Å². The maximum absolute atomic E-state index is 12.5. The Labute approximate surface area is 134 Å². The molecule has 2 aromatic carbocycles. The highest BCUT2D eigenvalue weighted by atomic mass is 32.1. The van der Waals surface area contributed by atoms with Gasteiger partial charge in [0.1, 0.15) is 0 Å². The molecular formula is C18H18N2OS. The summed E-state index contributed by atoms with van der Waals surface area (Å²) in [6, 6.07) is 10.0. The number of nitrogens with zero attached hydrogens (tertiary/aromatic N) is 1. The van der Waals surface area contributed by atoms with Gasteiger partial charge in [0.15, 0.2) is 5.13 Å². The maximum atomic E-state index is 12.5. The number of carbonyl (C=O) groups excluding carboxylic acids is 1. The number of fused-ring (bicyclic) bond motifs is 1. The lowest BCUT2D eigenvalue weighted by Gasteiger charge is -2.06. The van der Waals surface area contributed by atoms with Gasteiger partial charge in [-0.25, -0.2) is 4.98 Å². The Morgan fingerprint density at radius 2 is 1.68 bits per heavy atom. The number of amides is 1. The molecule has 0 aliphatic rings. The Balaban J connectivity index is 1.96. The Morgan fingerprint density at radius 1 is 1.00 bits per heavy atom. The minimum atomic E-state index is -0.101. The largest absolute Gasteiger partial charge is 0.298 e. The van der Waals surface area contributed by atoms with E-state index >= 15 is 0 Å². The summed E-state index contributed by atoms with van der Waals surface area (Å²) in [4.78, 5) is 17.1. The second kappa shape index (κ2) is 5.54. The second-order valence-corrected chi connectivity index (χ2v) is 6.67. The Morgan fingerprint density at radius 3 is 2.41 bits per heavy atom. The van der Waals surface area contributed by atoms with Crippen LogP contribution in [0.2, 0.25) is 0 Å². The zero-order valence-corrected chi connectivity index (χ0v) is 14.0. The summed E-state index contributed by atoms with van der Waals surface area (Å²) in [5.74, 6) is -0.101. The molecule has 0 unspecified atom stereocenters. The number of hydrogen-bond acceptors (Lipinski definition) is 3. The lowest BCUT2D eigenvalue weighted by Crippen LogP contribution is -2.13. The minimum absolute atomic E-state index is 0.101. The highest BCUT2D eigenvalue weighted by molar-refractivity contribution is 7.22. The van der Waals surface area contributed by atoms with Crippen molar-refractivity contribution in [2.75, 3.05) is 5.32 Å². The Kier molecular flexibility index (Phi) is 3.71. The average molecular weight is 310 g/mol. The van der Waals surface area contributed by atoms with Crippen LogP contribution in [-0.4, -0.2) is 10.9 Å². The van der Waals surface area contributed by atoms with Crippen molar-refractivity contribution in [2.45, 2.75) is 27.7 Å². The number of carbonyl (C=O) groups is 1. The van der Waals surface area contributed by atoms with Crippen molar-refractivity contribution in [3.05, 3.63) is 58.1 Å². The van der Waals surface area contributed by atoms with Crippen molar-refractivity contribution in [1.29, 1.82) is 0 Å². The van der Waals surface area contributed by atoms with E-state index in [4.69, 9.17) is 0 Å². The van der Waals surface area contributed by atoms with E-state index in [9.17, 15) is 4.79 Å². The van der Waals surface area contributed by atoms with E-state index in [2.05, 4.69) is 29.4 Å². The SMILES string of the molecule is Cc1ccc(C)c(C(=O)Nc2nc3c(C)ccc(C)c3s2)c1. The predicted octanol–water partition coefficient (Wildman–Crippen LogP) is 4.78. The number of nitrogens with one attached hydrogen (secondary N) is 1. The Bertz CT molecular complexity index is 841. The first-order chi connectivity index (χ1) is 10.5. The highest BCUT2D eigenvalue weighted by Crippen LogP contribution is 2.31. The summed E-state index contributed by atoms with van der Waals surface area (Å²) in [5.41, 5.74) is 6.03. The smallest absolute Gasteiger partial charge is 0.257 e. The van der Waals surface area contributed by atoms with Gasteiger partial charge in [0.05, 0.1) is 10.2 Å². The van der Waals surface area contributed by atoms with Gasteiger partial charge in [0.25, 0.3) is 5.91 Å². The summed E-state index contributed by atoms with van der Waals surface area (Å²) < 4.78 is 1.14. The molecule has 0 fully saturated rings. The third-order valence-corrected chi connectivity index (χ3v) is 4.91. The highest BCUT2D eigenvalue weighted by Gasteiger charge is 2.14. The number of benzene rings is 2. The number of rotatable bonds is 2. The maximum Gasteiger partial charge on any atom is 0.257 e. The van der Waals surface area contributed by atoms with Crippen LogP contribution in [0.15, 0.2) is 30.3 Å². The van der Waals surface area contributed by atoms with Crippen LogP contribution in [0.25, 0.3) is 10.2 Å². The minimum Gasteiger partial charge on any atom is -0.298 e. The molecule has 1 amide bonds. The molecule has 0 bridgehead atoms. The number of anilines is 1. The zero-order valence-electron chi connectivity index (χ0n) is 13.2. The fraction of sp³-hybridized carbons (Fsp3) is 0.222. The first kappa shape index (κ1) is 14.7. The van der Waals surface area contributed by atoms with Crippen molar-refractivity contribution in [3.63, 3.8) is 0 Å². The molecule has 0 spiro atoms. The van der Waals surface area contributed by atoms with Crippen LogP contribution in [0, 0.1) is 27.7 Å². The Hall–Kier alpha value is -2.20. The molecule has 1 aromatic heterocycles. The number of thiazole rings is 1. The molecule has 4 heteroatoms. The summed E-state index contributed by atoms with van der Waals surface area (Å²) in [6.45, 7) is 8.04. The van der Waals surface area contributed by atoms with Gasteiger partial charge in [0.2, 0.25) is 0 Å². The summed E-state index contributed by atoms with van der Waals surface area (Å²) >= 11 is 1.53. The molecule has 3 aromatic rings. The van der Waals surface area contributed by atoms with Crippen molar-refractivity contribution in [2.24, 2.45) is 0 Å². The molecule has 0 aliphatic carbocycles. The van der Waals surface area contributed by atoms with Gasteiger partial charge in [-0.05, 0) is 50.5 Å². The van der Waals surface area contributed by atoms with E-state index in [1.807, 2.05) is 39.0 Å². The molecule has 22 heavy (non-hydrogen) atoms. The number of aryl methyl sites for hydroxylation is 4. The van der Waals surface area contributed by atoms with Crippen LogP contribution < -0.4 is 5.32 Å². The molecule has 0 saturated heterocycles. The molecule has 0 atom stereocenters. The van der Waals surface area contributed by atoms with Crippen LogP contribution in [-0.2, 0) is 0 Å². The van der Waals surface area contributed by atoms with Gasteiger partial charge < -0.3 is 0 Å². The molecule has 112 valence electrons. The second-order valence-electron chi connectivity index (χ2n) is 5.67. The summed E-state index contributed by atoms with van der Waals surface area (Å²) in [7, 11) is 0. The van der Waals surface area contributed by atoms with Crippen LogP contribution in [0.5, 0.6) is 0 Å². The predicted molar refractivity (Wildman–Crippen MR) is 93.0 cm³/mol. The van der Waals surface area contributed by atoms with E-state index in [0.717, 1.165) is 26.9 Å². The fourth-order valence-electron chi connectivity index (χ4n) is 2.46. The normalized spacial score (nSPS) is 10.9. The van der Waals surface area contributed by atoms with Crippen molar-refractivity contribution in [3.8, 4) is 0 Å². The molecule has 3 rings (SSSR count). The van der Waals surface area contributed by atoms with Gasteiger partial charge in [-0.15, -0.1) is 0 Å². The fourth-order valence-corrected chi connectivity index (χ4v) is 3.46. The standard InChI is InChI=1S/C18H18N2OS/c1-10-5-6-11(2)14(9-10)17(21)20-18-19-15-12(3)7-8-13(4)16(15)22-18/h5-9H,1-4H3,(H,19,20,21). The average Bonchev–Trinajstić information content (AvgIpc) is 2.90. The van der Waals surface area contributed by atoms with Crippen LogP contribution in [0.4, 0.5) is 5.13 Å². The molecule has 0 radical (unpaired) electrons. The molecule has 3 nitrogen and oxygen atoms in total. The van der Waals surface area contributed by atoms with Crippen molar-refractivity contribution < 1.29 is 4.79 Å². The molecule has 1 heterocycles. The monoisotopic (exact) mass is 310 g/mol. The number of aromatic nitrogens is 1. The van der Waals surface area contributed by atoms with Crippen LogP contribution in [0.3, 0.4) is 0 Å². The van der Waals surface area contributed by atoms with Crippen LogP contribution >= 0.6 is 11.3 Å². The first-order valence-corrected chi connectivity index (χ1v) is 8.02. The van der Waals surface area contributed by atoms with Gasteiger partial charge in [-0.3, -0.25) is 10.1 Å². The van der Waals surface area contributed by atoms with Gasteiger partial charge >= 0.3 is 0 Å². The lowest BCUT2D eigenvalue weighted by atomic mass is 10.1. The van der Waals surface area contributed by atoms with Crippen molar-refractivity contribution >= 4 is 32.6 Å². The van der Waals surface area contributed by atoms with E-state index in [-0.39, 0.29) is 5.91 Å². The summed E-state index contributed by atoms with van der Waals surface area (Å²) in [6.07, 6.45) is 0. The van der Waals surface area contributed by atoms with Gasteiger partial charge in [0, 0.05) is 5.56 Å². The molecule has 1 N–H and O–H groups in total. The third kappa shape index (κ3) is 2.62. The quantitative estimate of drug-likeness (QED) is 0.740. The lowest BCUT2D eigenvalue weighted by molar-refractivity contribution is 0.102. The number of hydrogen-bond donors (Lipinski definition) is 1. The molecule has 0 saturated carbocycles.